The van der Waals surface area contributed by atoms with Crippen LogP contribution in [0, 0.1) is 0 Å². The maximum atomic E-state index is 12.3. The van der Waals surface area contributed by atoms with Crippen LogP contribution in [0.2, 0.25) is 0 Å². The Kier molecular flexibility index (Phi) is 35.9. The van der Waals surface area contributed by atoms with Gasteiger partial charge >= 0.3 is 0 Å². The third-order valence-electron chi connectivity index (χ3n) is 9.27. The highest BCUT2D eigenvalue weighted by atomic mass is 16.3. The first-order chi connectivity index (χ1) is 21.7. The molecule has 0 saturated carbocycles. The van der Waals surface area contributed by atoms with E-state index in [0.717, 1.165) is 25.7 Å². The number of allylic oxidation sites excluding steroid dienone is 1. The van der Waals surface area contributed by atoms with Crippen LogP contribution in [0.5, 0.6) is 0 Å². The van der Waals surface area contributed by atoms with Crippen LogP contribution in [0.25, 0.3) is 0 Å². The van der Waals surface area contributed by atoms with Crippen molar-refractivity contribution in [2.75, 3.05) is 6.61 Å². The molecular formula is C40H79NO3. The molecule has 0 rings (SSSR count). The fourth-order valence-electron chi connectivity index (χ4n) is 6.18. The van der Waals surface area contributed by atoms with Crippen LogP contribution < -0.4 is 5.32 Å². The van der Waals surface area contributed by atoms with Crippen molar-refractivity contribution in [2.24, 2.45) is 0 Å². The van der Waals surface area contributed by atoms with Gasteiger partial charge in [0.2, 0.25) is 5.91 Å². The molecule has 0 aromatic rings. The Balaban J connectivity index is 3.57. The van der Waals surface area contributed by atoms with E-state index in [9.17, 15) is 15.0 Å². The van der Waals surface area contributed by atoms with Gasteiger partial charge in [-0.3, -0.25) is 4.79 Å². The normalized spacial score (nSPS) is 13.1. The van der Waals surface area contributed by atoms with Crippen LogP contribution in [-0.4, -0.2) is 34.9 Å². The lowest BCUT2D eigenvalue weighted by Gasteiger charge is -2.20. The van der Waals surface area contributed by atoms with Gasteiger partial charge in [-0.1, -0.05) is 206 Å². The Morgan fingerprint density at radius 3 is 1.18 bits per heavy atom. The van der Waals surface area contributed by atoms with Gasteiger partial charge in [0, 0.05) is 6.42 Å². The summed E-state index contributed by atoms with van der Waals surface area (Å²) >= 11 is 0. The highest BCUT2D eigenvalue weighted by Gasteiger charge is 2.17. The maximum absolute atomic E-state index is 12.3. The lowest BCUT2D eigenvalue weighted by Crippen LogP contribution is -2.45. The molecule has 0 aliphatic rings. The number of nitrogens with one attached hydrogen (secondary N) is 1. The summed E-state index contributed by atoms with van der Waals surface area (Å²) in [4.78, 5) is 12.3. The Bertz CT molecular complexity index is 593. The van der Waals surface area contributed by atoms with Crippen LogP contribution >= 0.6 is 0 Å². The molecule has 0 bridgehead atoms. The van der Waals surface area contributed by atoms with E-state index < -0.39 is 12.1 Å². The average Bonchev–Trinajstić information content (AvgIpc) is 3.03. The monoisotopic (exact) mass is 622 g/mol. The van der Waals surface area contributed by atoms with Gasteiger partial charge < -0.3 is 15.5 Å². The highest BCUT2D eigenvalue weighted by molar-refractivity contribution is 5.76. The molecule has 0 unspecified atom stereocenters. The maximum Gasteiger partial charge on any atom is 0.220 e. The third kappa shape index (κ3) is 32.5. The zero-order chi connectivity index (χ0) is 32.2. The average molecular weight is 622 g/mol. The fourth-order valence-corrected chi connectivity index (χ4v) is 6.18. The predicted molar refractivity (Wildman–Crippen MR) is 193 cm³/mol. The summed E-state index contributed by atoms with van der Waals surface area (Å²) in [6.45, 7) is 4.32. The Morgan fingerprint density at radius 2 is 0.841 bits per heavy atom. The summed E-state index contributed by atoms with van der Waals surface area (Å²) in [6.07, 6.45) is 44.4. The van der Waals surface area contributed by atoms with Crippen LogP contribution in [0.3, 0.4) is 0 Å². The number of aliphatic hydroxyl groups is 2. The van der Waals surface area contributed by atoms with Crippen molar-refractivity contribution in [3.05, 3.63) is 12.2 Å². The number of amides is 1. The van der Waals surface area contributed by atoms with E-state index in [1.807, 2.05) is 6.08 Å². The second-order valence-corrected chi connectivity index (χ2v) is 13.7. The molecule has 0 fully saturated rings. The number of carbonyl (C=O) groups is 1. The number of hydrogen-bond donors (Lipinski definition) is 3. The number of unbranched alkanes of at least 4 members (excludes halogenated alkanes) is 29. The summed E-state index contributed by atoms with van der Waals surface area (Å²) in [5.41, 5.74) is 0. The van der Waals surface area contributed by atoms with Crippen molar-refractivity contribution in [3.8, 4) is 0 Å². The van der Waals surface area contributed by atoms with Gasteiger partial charge in [0.05, 0.1) is 18.8 Å². The van der Waals surface area contributed by atoms with E-state index >= 15 is 0 Å². The Hall–Kier alpha value is -0.870. The summed E-state index contributed by atoms with van der Waals surface area (Å²) in [6, 6.07) is -0.615. The molecule has 0 saturated heterocycles. The quantitative estimate of drug-likeness (QED) is 0.0481. The summed E-state index contributed by atoms with van der Waals surface area (Å²) in [7, 11) is 0. The zero-order valence-electron chi connectivity index (χ0n) is 29.9. The van der Waals surface area contributed by atoms with Crippen molar-refractivity contribution in [1.29, 1.82) is 0 Å². The first-order valence-electron chi connectivity index (χ1n) is 19.9. The molecule has 0 heterocycles. The molecule has 0 radical (unpaired) electrons. The SMILES string of the molecule is CCCCCCCCCCCCCCCC/C=C/[C@@H](O)[C@H](CO)NC(=O)CCCCCCCCCCCCCCCCCC. The largest absolute Gasteiger partial charge is 0.394 e. The van der Waals surface area contributed by atoms with E-state index in [1.54, 1.807) is 6.08 Å². The van der Waals surface area contributed by atoms with Gasteiger partial charge in [-0.15, -0.1) is 0 Å². The van der Waals surface area contributed by atoms with E-state index in [0.29, 0.717) is 6.42 Å². The lowest BCUT2D eigenvalue weighted by atomic mass is 10.0. The molecule has 0 spiro atoms. The van der Waals surface area contributed by atoms with Gasteiger partial charge in [0.1, 0.15) is 0 Å². The van der Waals surface area contributed by atoms with Crippen LogP contribution in [0.1, 0.15) is 219 Å². The molecule has 44 heavy (non-hydrogen) atoms. The molecule has 1 amide bonds. The second-order valence-electron chi connectivity index (χ2n) is 13.7. The van der Waals surface area contributed by atoms with Crippen LogP contribution in [-0.2, 0) is 4.79 Å². The summed E-state index contributed by atoms with van der Waals surface area (Å²) in [5.74, 6) is -0.0613. The van der Waals surface area contributed by atoms with Gasteiger partial charge in [-0.2, -0.15) is 0 Å². The minimum absolute atomic E-state index is 0.0613. The molecule has 4 heteroatoms. The fraction of sp³-hybridized carbons (Fsp3) is 0.925. The molecular weight excluding hydrogens is 542 g/mol. The van der Waals surface area contributed by atoms with Gasteiger partial charge in [-0.05, 0) is 19.3 Å². The van der Waals surface area contributed by atoms with E-state index in [-0.39, 0.29) is 12.5 Å². The van der Waals surface area contributed by atoms with Gasteiger partial charge in [0.15, 0.2) is 0 Å². The molecule has 262 valence electrons. The molecule has 0 aromatic heterocycles. The standard InChI is InChI=1S/C40H79NO3/c1-3-5-7-9-11-13-15-17-19-21-23-25-27-29-31-33-35-39(43)38(37-42)41-40(44)36-34-32-30-28-26-24-22-20-18-16-14-12-10-8-6-4-2/h33,35,38-39,42-43H,3-32,34,36-37H2,1-2H3,(H,41,44)/b35-33+/t38-,39+/m0/s1. The molecule has 4 nitrogen and oxygen atoms in total. The minimum Gasteiger partial charge on any atom is -0.394 e. The summed E-state index contributed by atoms with van der Waals surface area (Å²) < 4.78 is 0. The Morgan fingerprint density at radius 1 is 0.523 bits per heavy atom. The number of carbonyl (C=O) groups excluding carboxylic acids is 1. The van der Waals surface area contributed by atoms with Crippen molar-refractivity contribution in [1.82, 2.24) is 5.32 Å². The van der Waals surface area contributed by atoms with E-state index in [1.165, 1.54) is 173 Å². The molecule has 2 atom stereocenters. The smallest absolute Gasteiger partial charge is 0.220 e. The van der Waals surface area contributed by atoms with Crippen molar-refractivity contribution < 1.29 is 15.0 Å². The molecule has 0 aliphatic carbocycles. The molecule has 0 aliphatic heterocycles. The van der Waals surface area contributed by atoms with E-state index in [2.05, 4.69) is 19.2 Å². The van der Waals surface area contributed by atoms with Gasteiger partial charge in [0.25, 0.3) is 0 Å². The Labute approximate surface area is 276 Å². The van der Waals surface area contributed by atoms with Crippen molar-refractivity contribution in [2.45, 2.75) is 231 Å². The number of rotatable bonds is 36. The molecule has 3 N–H and O–H groups in total. The van der Waals surface area contributed by atoms with Crippen molar-refractivity contribution >= 4 is 5.91 Å². The number of hydrogen-bond acceptors (Lipinski definition) is 3. The molecule has 0 aromatic carbocycles. The summed E-state index contributed by atoms with van der Waals surface area (Å²) in [5, 5.41) is 22.9. The van der Waals surface area contributed by atoms with Crippen LogP contribution in [0.15, 0.2) is 12.2 Å². The van der Waals surface area contributed by atoms with E-state index in [4.69, 9.17) is 0 Å². The topological polar surface area (TPSA) is 69.6 Å². The number of aliphatic hydroxyl groups excluding tert-OH is 2. The lowest BCUT2D eigenvalue weighted by molar-refractivity contribution is -0.123. The first kappa shape index (κ1) is 43.1. The van der Waals surface area contributed by atoms with Gasteiger partial charge in [-0.25, -0.2) is 0 Å². The van der Waals surface area contributed by atoms with Crippen LogP contribution in [0.4, 0.5) is 0 Å². The van der Waals surface area contributed by atoms with Crippen molar-refractivity contribution in [3.63, 3.8) is 0 Å². The first-order valence-corrected chi connectivity index (χ1v) is 19.9. The minimum atomic E-state index is -0.832. The highest BCUT2D eigenvalue weighted by Crippen LogP contribution is 2.15. The predicted octanol–water partition coefficient (Wildman–Crippen LogP) is 11.9. The third-order valence-corrected chi connectivity index (χ3v) is 9.27. The zero-order valence-corrected chi connectivity index (χ0v) is 29.9. The second kappa shape index (κ2) is 36.6.